The van der Waals surface area contributed by atoms with E-state index in [4.69, 9.17) is 19.2 Å². The Bertz CT molecular complexity index is 536. The first-order valence-electron chi connectivity index (χ1n) is 9.03. The van der Waals surface area contributed by atoms with E-state index in [9.17, 15) is 0 Å². The fraction of sp³-hybridized carbons (Fsp3) is 0.632. The summed E-state index contributed by atoms with van der Waals surface area (Å²) in [6, 6.07) is 8.42. The minimum atomic E-state index is 0.0803. The Kier molecular flexibility index (Phi) is 8.72. The summed E-state index contributed by atoms with van der Waals surface area (Å²) < 4.78 is 16.5. The zero-order chi connectivity index (χ0) is 17.9. The minimum absolute atomic E-state index is 0.0803. The molecule has 1 saturated heterocycles. The molecule has 1 atom stereocenters. The molecule has 0 aliphatic carbocycles. The summed E-state index contributed by atoms with van der Waals surface area (Å²) in [4.78, 5) is 6.97. The Labute approximate surface area is 151 Å². The largest absolute Gasteiger partial charge is 0.382 e. The van der Waals surface area contributed by atoms with E-state index >= 15 is 0 Å². The molecule has 1 aromatic rings. The number of ether oxygens (including phenoxy) is 3. The number of hydrogen-bond acceptors (Lipinski definition) is 4. The van der Waals surface area contributed by atoms with E-state index in [2.05, 4.69) is 48.3 Å². The van der Waals surface area contributed by atoms with Crippen LogP contribution in [0.3, 0.4) is 0 Å². The number of guanidine groups is 1. The summed E-state index contributed by atoms with van der Waals surface area (Å²) in [6.45, 7) is 9.88. The van der Waals surface area contributed by atoms with Crippen molar-refractivity contribution in [2.24, 2.45) is 4.99 Å². The number of rotatable bonds is 8. The van der Waals surface area contributed by atoms with Crippen molar-refractivity contribution in [1.29, 1.82) is 0 Å². The second kappa shape index (κ2) is 11.1. The molecule has 1 aliphatic rings. The highest BCUT2D eigenvalue weighted by molar-refractivity contribution is 5.80. The molecule has 1 fully saturated rings. The zero-order valence-electron chi connectivity index (χ0n) is 15.7. The van der Waals surface area contributed by atoms with Gasteiger partial charge < -0.3 is 24.4 Å². The summed E-state index contributed by atoms with van der Waals surface area (Å²) in [5.41, 5.74) is 2.52. The lowest BCUT2D eigenvalue weighted by Crippen LogP contribution is -2.48. The monoisotopic (exact) mass is 349 g/mol. The van der Waals surface area contributed by atoms with Gasteiger partial charge in [-0.05, 0) is 25.0 Å². The maximum absolute atomic E-state index is 6.01. The topological polar surface area (TPSA) is 55.3 Å². The Balaban J connectivity index is 1.94. The van der Waals surface area contributed by atoms with Crippen molar-refractivity contribution in [2.75, 3.05) is 59.7 Å². The van der Waals surface area contributed by atoms with Crippen molar-refractivity contribution in [1.82, 2.24) is 10.2 Å². The molecule has 0 spiro atoms. The van der Waals surface area contributed by atoms with Crippen molar-refractivity contribution in [3.8, 4) is 0 Å². The maximum atomic E-state index is 6.01. The van der Waals surface area contributed by atoms with Crippen molar-refractivity contribution >= 4 is 5.96 Å². The smallest absolute Gasteiger partial charge is 0.194 e. The fourth-order valence-electron chi connectivity index (χ4n) is 2.86. The maximum Gasteiger partial charge on any atom is 0.194 e. The highest BCUT2D eigenvalue weighted by Crippen LogP contribution is 2.24. The molecule has 1 aromatic carbocycles. The molecule has 0 aromatic heterocycles. The van der Waals surface area contributed by atoms with Gasteiger partial charge in [-0.2, -0.15) is 0 Å². The third-order valence-electron chi connectivity index (χ3n) is 4.17. The lowest BCUT2D eigenvalue weighted by atomic mass is 10.0. The lowest BCUT2D eigenvalue weighted by molar-refractivity contribution is -0.00839. The summed E-state index contributed by atoms with van der Waals surface area (Å²) >= 11 is 0. The van der Waals surface area contributed by atoms with Crippen LogP contribution in [-0.4, -0.2) is 70.6 Å². The molecule has 6 heteroatoms. The summed E-state index contributed by atoms with van der Waals surface area (Å²) in [7, 11) is 1.67. The second-order valence-corrected chi connectivity index (χ2v) is 6.00. The summed E-state index contributed by atoms with van der Waals surface area (Å²) in [5.74, 6) is 0.930. The zero-order valence-corrected chi connectivity index (χ0v) is 15.7. The van der Waals surface area contributed by atoms with Crippen LogP contribution in [0.2, 0.25) is 0 Å². The number of methoxy groups -OCH3 is 1. The van der Waals surface area contributed by atoms with Crippen LogP contribution in [0.1, 0.15) is 24.2 Å². The molecular weight excluding hydrogens is 318 g/mol. The molecule has 1 unspecified atom stereocenters. The standard InChI is InChI=1S/C19H31N3O3/c1-4-20-19(21-9-11-24-14-13-23-3)22-10-12-25-18(15-22)17-8-6-5-7-16(17)2/h5-8,18H,4,9-15H2,1-3H3,(H,20,21). The fourth-order valence-corrected chi connectivity index (χ4v) is 2.86. The molecule has 6 nitrogen and oxygen atoms in total. The number of benzene rings is 1. The van der Waals surface area contributed by atoms with Crippen LogP contribution in [0.5, 0.6) is 0 Å². The van der Waals surface area contributed by atoms with Crippen molar-refractivity contribution < 1.29 is 14.2 Å². The van der Waals surface area contributed by atoms with Crippen molar-refractivity contribution in [2.45, 2.75) is 20.0 Å². The van der Waals surface area contributed by atoms with Gasteiger partial charge in [0.05, 0.1) is 39.5 Å². The van der Waals surface area contributed by atoms with Gasteiger partial charge in [-0.1, -0.05) is 24.3 Å². The highest BCUT2D eigenvalue weighted by atomic mass is 16.5. The molecule has 0 bridgehead atoms. The van der Waals surface area contributed by atoms with E-state index in [1.807, 2.05) is 0 Å². The molecule has 0 radical (unpaired) electrons. The SMILES string of the molecule is CCNC(=NCCOCCOC)N1CCOC(c2ccccc2C)C1. The van der Waals surface area contributed by atoms with E-state index < -0.39 is 0 Å². The van der Waals surface area contributed by atoms with Gasteiger partial charge in [0.1, 0.15) is 6.10 Å². The highest BCUT2D eigenvalue weighted by Gasteiger charge is 2.24. The molecule has 2 rings (SSSR count). The van der Waals surface area contributed by atoms with E-state index in [0.29, 0.717) is 33.0 Å². The van der Waals surface area contributed by atoms with Crippen molar-refractivity contribution in [3.05, 3.63) is 35.4 Å². The molecule has 140 valence electrons. The van der Waals surface area contributed by atoms with E-state index in [1.165, 1.54) is 11.1 Å². The van der Waals surface area contributed by atoms with Gasteiger partial charge >= 0.3 is 0 Å². The van der Waals surface area contributed by atoms with Gasteiger partial charge in [0, 0.05) is 20.2 Å². The van der Waals surface area contributed by atoms with Gasteiger partial charge in [0.15, 0.2) is 5.96 Å². The van der Waals surface area contributed by atoms with Gasteiger partial charge in [0.2, 0.25) is 0 Å². The Morgan fingerprint density at radius 2 is 2.16 bits per heavy atom. The van der Waals surface area contributed by atoms with Crippen LogP contribution in [0.25, 0.3) is 0 Å². The van der Waals surface area contributed by atoms with Gasteiger partial charge in [-0.15, -0.1) is 0 Å². The van der Waals surface area contributed by atoms with Crippen LogP contribution >= 0.6 is 0 Å². The van der Waals surface area contributed by atoms with E-state index in [-0.39, 0.29) is 6.10 Å². The quantitative estimate of drug-likeness (QED) is 0.442. The normalized spacial score (nSPS) is 18.4. The average Bonchev–Trinajstić information content (AvgIpc) is 2.64. The molecule has 1 heterocycles. The van der Waals surface area contributed by atoms with Gasteiger partial charge in [-0.3, -0.25) is 4.99 Å². The molecule has 1 aliphatic heterocycles. The number of hydrogen-bond donors (Lipinski definition) is 1. The third kappa shape index (κ3) is 6.30. The number of aliphatic imine (C=N–C) groups is 1. The van der Waals surface area contributed by atoms with E-state index in [1.54, 1.807) is 7.11 Å². The Hall–Kier alpha value is -1.63. The Morgan fingerprint density at radius 1 is 1.32 bits per heavy atom. The Morgan fingerprint density at radius 3 is 2.92 bits per heavy atom. The average molecular weight is 349 g/mol. The lowest BCUT2D eigenvalue weighted by Gasteiger charge is -2.35. The molecule has 0 amide bonds. The van der Waals surface area contributed by atoms with Crippen LogP contribution < -0.4 is 5.32 Å². The van der Waals surface area contributed by atoms with Crippen LogP contribution in [0.4, 0.5) is 0 Å². The van der Waals surface area contributed by atoms with Crippen molar-refractivity contribution in [3.63, 3.8) is 0 Å². The molecule has 25 heavy (non-hydrogen) atoms. The third-order valence-corrected chi connectivity index (χ3v) is 4.17. The first kappa shape index (κ1) is 19.7. The van der Waals surface area contributed by atoms with E-state index in [0.717, 1.165) is 25.6 Å². The minimum Gasteiger partial charge on any atom is -0.382 e. The predicted molar refractivity (Wildman–Crippen MR) is 100 cm³/mol. The first-order valence-corrected chi connectivity index (χ1v) is 9.03. The molecule has 0 saturated carbocycles. The first-order chi connectivity index (χ1) is 12.3. The summed E-state index contributed by atoms with van der Waals surface area (Å²) in [5, 5.41) is 3.38. The predicted octanol–water partition coefficient (Wildman–Crippen LogP) is 2.00. The van der Waals surface area contributed by atoms with Crippen LogP contribution in [-0.2, 0) is 14.2 Å². The number of aryl methyl sites for hydroxylation is 1. The summed E-state index contributed by atoms with van der Waals surface area (Å²) in [6.07, 6.45) is 0.0803. The number of nitrogens with zero attached hydrogens (tertiary/aromatic N) is 2. The molecule has 1 N–H and O–H groups in total. The van der Waals surface area contributed by atoms with Crippen LogP contribution in [0, 0.1) is 6.92 Å². The van der Waals surface area contributed by atoms with Crippen LogP contribution in [0.15, 0.2) is 29.3 Å². The number of nitrogens with one attached hydrogen (secondary N) is 1. The van der Waals surface area contributed by atoms with Gasteiger partial charge in [-0.25, -0.2) is 0 Å². The molecular formula is C19H31N3O3. The van der Waals surface area contributed by atoms with Gasteiger partial charge in [0.25, 0.3) is 0 Å². The second-order valence-electron chi connectivity index (χ2n) is 6.00. The number of morpholine rings is 1.